The zero-order valence-electron chi connectivity index (χ0n) is 22.9. The molecule has 2 unspecified atom stereocenters. The summed E-state index contributed by atoms with van der Waals surface area (Å²) in [7, 11) is 0. The van der Waals surface area contributed by atoms with Crippen molar-refractivity contribution in [3.63, 3.8) is 0 Å². The number of rotatable bonds is 6. The number of H-pyrrole nitrogens is 1. The van der Waals surface area contributed by atoms with Crippen LogP contribution in [0.25, 0.3) is 10.8 Å². The average molecular weight is 565 g/mol. The van der Waals surface area contributed by atoms with Crippen molar-refractivity contribution < 1.29 is 13.9 Å². The Balaban J connectivity index is 1.12. The molecule has 1 aliphatic carbocycles. The molecule has 2 saturated heterocycles. The Morgan fingerprint density at radius 1 is 1.05 bits per heavy atom. The highest BCUT2D eigenvalue weighted by Crippen LogP contribution is 2.36. The molecule has 1 amide bonds. The third kappa shape index (κ3) is 4.65. The largest absolute Gasteiger partial charge is 0.490 e. The number of hydrogen-bond donors (Lipinski definition) is 1. The second-order valence-corrected chi connectivity index (χ2v) is 11.3. The van der Waals surface area contributed by atoms with Crippen molar-refractivity contribution >= 4 is 22.5 Å². The van der Waals surface area contributed by atoms with Gasteiger partial charge in [-0.3, -0.25) is 9.59 Å². The van der Waals surface area contributed by atoms with E-state index >= 15 is 4.39 Å². The van der Waals surface area contributed by atoms with E-state index in [0.29, 0.717) is 40.7 Å². The molecule has 0 spiro atoms. The van der Waals surface area contributed by atoms with Gasteiger partial charge in [0.25, 0.3) is 11.5 Å². The van der Waals surface area contributed by atoms with E-state index in [1.165, 1.54) is 6.07 Å². The number of carbonyl (C=O) groups is 1. The van der Waals surface area contributed by atoms with Crippen LogP contribution in [0.1, 0.15) is 59.3 Å². The molecule has 1 saturated carbocycles. The smallest absolute Gasteiger partial charge is 0.272 e. The number of amides is 1. The maximum atomic E-state index is 15.1. The lowest BCUT2D eigenvalue weighted by molar-refractivity contribution is 0.0732. The average Bonchev–Trinajstić information content (AvgIpc) is 3.60. The highest BCUT2D eigenvalue weighted by Gasteiger charge is 2.45. The maximum Gasteiger partial charge on any atom is 0.272 e. The van der Waals surface area contributed by atoms with Crippen molar-refractivity contribution in [3.8, 4) is 11.8 Å². The molecule has 212 valence electrons. The van der Waals surface area contributed by atoms with Crippen LogP contribution in [0, 0.1) is 17.1 Å². The molecule has 2 atom stereocenters. The molecular weight excluding hydrogens is 535 g/mol. The molecule has 2 aromatic carbocycles. The highest BCUT2D eigenvalue weighted by atomic mass is 19.1. The van der Waals surface area contributed by atoms with E-state index < -0.39 is 5.82 Å². The molecule has 9 nitrogen and oxygen atoms in total. The van der Waals surface area contributed by atoms with Gasteiger partial charge in [-0.25, -0.2) is 14.5 Å². The van der Waals surface area contributed by atoms with Crippen LogP contribution in [0.4, 0.5) is 10.2 Å². The first-order valence-electron chi connectivity index (χ1n) is 14.4. The minimum atomic E-state index is -0.564. The summed E-state index contributed by atoms with van der Waals surface area (Å²) < 4.78 is 21.2. The van der Waals surface area contributed by atoms with Gasteiger partial charge in [-0.05, 0) is 80.1 Å². The molecule has 10 heteroatoms. The molecule has 3 aliphatic rings. The van der Waals surface area contributed by atoms with E-state index in [2.05, 4.69) is 26.2 Å². The summed E-state index contributed by atoms with van der Waals surface area (Å²) in [5, 5.41) is 17.1. The standard InChI is InChI=1S/C32H29FN6O3/c33-26-8-4-19(15-27-24-16-22(42-21-2-1-3-21)6-7-23(24)31(40)37-36-27)14-25(26)32(41)39-13-11-28-29(39)10-12-38(28)30-9-5-20(17-34)18-35-30/h4-9,14,16,18,21,28-29H,1-3,10-13,15H2,(H,37,40). The third-order valence-electron chi connectivity index (χ3n) is 8.84. The van der Waals surface area contributed by atoms with E-state index in [-0.39, 0.29) is 35.2 Å². The molecule has 42 heavy (non-hydrogen) atoms. The first kappa shape index (κ1) is 26.1. The number of fused-ring (bicyclic) bond motifs is 2. The minimum Gasteiger partial charge on any atom is -0.490 e. The number of pyridine rings is 1. The number of carbonyl (C=O) groups excluding carboxylic acids is 1. The SMILES string of the molecule is N#Cc1ccc(N2CCC3C2CCN3C(=O)c2cc(Cc3n[nH]c(=O)c4ccc(OC5CCC5)cc34)ccc2F)nc1. The van der Waals surface area contributed by atoms with Gasteiger partial charge in [-0.15, -0.1) is 0 Å². The molecule has 7 rings (SSSR count). The predicted octanol–water partition coefficient (Wildman–Crippen LogP) is 4.34. The summed E-state index contributed by atoms with van der Waals surface area (Å²) in [6.45, 7) is 1.26. The van der Waals surface area contributed by atoms with Gasteiger partial charge in [0.2, 0.25) is 0 Å². The molecule has 4 heterocycles. The molecular formula is C32H29FN6O3. The number of benzene rings is 2. The summed E-state index contributed by atoms with van der Waals surface area (Å²) in [5.74, 6) is 0.588. The molecule has 2 aromatic heterocycles. The first-order chi connectivity index (χ1) is 20.5. The monoisotopic (exact) mass is 564 g/mol. The second-order valence-electron chi connectivity index (χ2n) is 11.3. The van der Waals surface area contributed by atoms with Crippen LogP contribution >= 0.6 is 0 Å². The van der Waals surface area contributed by atoms with E-state index in [9.17, 15) is 9.59 Å². The van der Waals surface area contributed by atoms with Gasteiger partial charge in [0.15, 0.2) is 0 Å². The van der Waals surface area contributed by atoms with Gasteiger partial charge in [-0.1, -0.05) is 6.07 Å². The minimum absolute atomic E-state index is 0.0332. The first-order valence-corrected chi connectivity index (χ1v) is 14.4. The Bertz CT molecular complexity index is 1780. The molecule has 4 aromatic rings. The number of halogens is 1. The van der Waals surface area contributed by atoms with Crippen molar-refractivity contribution in [2.45, 2.75) is 56.7 Å². The number of nitrogens with one attached hydrogen (secondary N) is 1. The Labute approximate surface area is 241 Å². The third-order valence-corrected chi connectivity index (χ3v) is 8.84. The number of anilines is 1. The van der Waals surface area contributed by atoms with E-state index in [1.54, 1.807) is 41.4 Å². The van der Waals surface area contributed by atoms with Gasteiger partial charge in [0, 0.05) is 31.1 Å². The van der Waals surface area contributed by atoms with Crippen molar-refractivity contribution in [3.05, 3.63) is 93.3 Å². The fourth-order valence-corrected chi connectivity index (χ4v) is 6.43. The summed E-state index contributed by atoms with van der Waals surface area (Å²) >= 11 is 0. The van der Waals surface area contributed by atoms with Crippen LogP contribution in [0.5, 0.6) is 5.75 Å². The summed E-state index contributed by atoms with van der Waals surface area (Å²) in [5.41, 5.74) is 1.59. The van der Waals surface area contributed by atoms with Crippen LogP contribution in [0.15, 0.2) is 59.5 Å². The normalized spacial score (nSPS) is 19.9. The lowest BCUT2D eigenvalue weighted by atomic mass is 9.96. The number of hydrogen-bond acceptors (Lipinski definition) is 7. The lowest BCUT2D eigenvalue weighted by Gasteiger charge is -2.26. The zero-order chi connectivity index (χ0) is 28.8. The van der Waals surface area contributed by atoms with Gasteiger partial charge >= 0.3 is 0 Å². The lowest BCUT2D eigenvalue weighted by Crippen LogP contribution is -2.40. The number of aromatic amines is 1. The number of nitriles is 1. The summed E-state index contributed by atoms with van der Waals surface area (Å²) in [4.78, 5) is 34.6. The fourth-order valence-electron chi connectivity index (χ4n) is 6.43. The van der Waals surface area contributed by atoms with E-state index in [1.807, 2.05) is 12.1 Å². The Morgan fingerprint density at radius 2 is 1.90 bits per heavy atom. The van der Waals surface area contributed by atoms with Gasteiger partial charge < -0.3 is 14.5 Å². The number of nitrogens with zero attached hydrogens (tertiary/aromatic N) is 5. The predicted molar refractivity (Wildman–Crippen MR) is 154 cm³/mol. The van der Waals surface area contributed by atoms with Crippen LogP contribution in [-0.4, -0.2) is 57.3 Å². The van der Waals surface area contributed by atoms with Crippen molar-refractivity contribution in [1.82, 2.24) is 20.1 Å². The van der Waals surface area contributed by atoms with Crippen LogP contribution in [-0.2, 0) is 6.42 Å². The topological polar surface area (TPSA) is 115 Å². The number of ether oxygens (including phenoxy) is 1. The molecule has 2 aliphatic heterocycles. The summed E-state index contributed by atoms with van der Waals surface area (Å²) in [6, 6.07) is 15.7. The Morgan fingerprint density at radius 3 is 2.67 bits per heavy atom. The number of aromatic nitrogens is 3. The second kappa shape index (κ2) is 10.6. The maximum absolute atomic E-state index is 15.1. The van der Waals surface area contributed by atoms with Crippen LogP contribution in [0.2, 0.25) is 0 Å². The molecule has 0 radical (unpaired) electrons. The van der Waals surface area contributed by atoms with E-state index in [0.717, 1.165) is 50.0 Å². The number of likely N-dealkylation sites (tertiary alicyclic amines) is 1. The fraction of sp³-hybridized carbons (Fsp3) is 0.344. The van der Waals surface area contributed by atoms with Crippen molar-refractivity contribution in [2.75, 3.05) is 18.0 Å². The van der Waals surface area contributed by atoms with E-state index in [4.69, 9.17) is 10.00 Å². The van der Waals surface area contributed by atoms with Gasteiger partial charge in [0.1, 0.15) is 23.5 Å². The van der Waals surface area contributed by atoms with Crippen molar-refractivity contribution in [2.24, 2.45) is 0 Å². The zero-order valence-corrected chi connectivity index (χ0v) is 22.9. The molecule has 3 fully saturated rings. The van der Waals surface area contributed by atoms with Gasteiger partial charge in [0.05, 0.1) is 40.4 Å². The Kier molecular flexibility index (Phi) is 6.57. The Hall–Kier alpha value is -4.78. The van der Waals surface area contributed by atoms with Crippen LogP contribution in [0.3, 0.4) is 0 Å². The summed E-state index contributed by atoms with van der Waals surface area (Å²) in [6.07, 6.45) is 6.79. The molecule has 0 bridgehead atoms. The quantitative estimate of drug-likeness (QED) is 0.370. The molecule has 1 N–H and O–H groups in total. The van der Waals surface area contributed by atoms with Crippen molar-refractivity contribution in [1.29, 1.82) is 5.26 Å². The highest BCUT2D eigenvalue weighted by molar-refractivity contribution is 5.95. The van der Waals surface area contributed by atoms with Gasteiger partial charge in [-0.2, -0.15) is 10.4 Å². The van der Waals surface area contributed by atoms with Crippen LogP contribution < -0.4 is 15.2 Å².